The Balaban J connectivity index is 2.13. The van der Waals surface area contributed by atoms with Gasteiger partial charge in [-0.05, 0) is 62.2 Å². The molecule has 0 radical (unpaired) electrons. The molecule has 0 unspecified atom stereocenters. The molecule has 0 saturated heterocycles. The number of carbonyl (C=O) groups excluding carboxylic acids is 1. The van der Waals surface area contributed by atoms with E-state index in [1.54, 1.807) is 47.4 Å². The third-order valence-corrected chi connectivity index (χ3v) is 5.41. The smallest absolute Gasteiger partial charge is 0.308 e. The number of hydrogen-bond donors (Lipinski definition) is 0. The maximum absolute atomic E-state index is 12.7. The zero-order chi connectivity index (χ0) is 22.3. The fourth-order valence-electron chi connectivity index (χ4n) is 2.58. The Bertz CT molecular complexity index is 1030. The number of nitro benzene ring substituents is 1. The zero-order valence-electron chi connectivity index (χ0n) is 17.0. The van der Waals surface area contributed by atoms with E-state index >= 15 is 0 Å². The highest BCUT2D eigenvalue weighted by atomic mass is 32.2. The molecule has 30 heavy (non-hydrogen) atoms. The van der Waals surface area contributed by atoms with Gasteiger partial charge in [-0.1, -0.05) is 12.1 Å². The lowest BCUT2D eigenvalue weighted by Gasteiger charge is -2.26. The largest absolute Gasteiger partial charge is 0.382 e. The summed E-state index contributed by atoms with van der Waals surface area (Å²) in [7, 11) is -3.63. The molecule has 0 fully saturated rings. The van der Waals surface area contributed by atoms with E-state index in [0.29, 0.717) is 5.56 Å². The maximum Gasteiger partial charge on any atom is 0.308 e. The maximum atomic E-state index is 12.7. The quantitative estimate of drug-likeness (QED) is 0.258. The number of rotatable bonds is 9. The first kappa shape index (κ1) is 23.1. The Hall–Kier alpha value is -3.20. The molecule has 2 aromatic carbocycles. The molecule has 0 aliphatic rings. The molecular formula is C21H24N2O6S. The molecule has 0 aliphatic carbocycles. The number of nitrogens with zero attached hydrogens (tertiary/aromatic N) is 2. The van der Waals surface area contributed by atoms with Gasteiger partial charge in [0.05, 0.1) is 10.7 Å². The first-order valence-electron chi connectivity index (χ1n) is 9.35. The van der Waals surface area contributed by atoms with Crippen LogP contribution in [0.2, 0.25) is 0 Å². The minimum absolute atomic E-state index is 0.0190. The van der Waals surface area contributed by atoms with Gasteiger partial charge in [-0.15, -0.1) is 0 Å². The molecule has 9 heteroatoms. The van der Waals surface area contributed by atoms with Crippen molar-refractivity contribution in [2.24, 2.45) is 0 Å². The predicted octanol–water partition coefficient (Wildman–Crippen LogP) is 3.77. The molecule has 1 amide bonds. The van der Waals surface area contributed by atoms with Crippen LogP contribution in [0.1, 0.15) is 31.9 Å². The molecule has 2 aromatic rings. The van der Waals surface area contributed by atoms with Gasteiger partial charge in [0, 0.05) is 30.8 Å². The Kier molecular flexibility index (Phi) is 7.71. The summed E-state index contributed by atoms with van der Waals surface area (Å²) in [5, 5.41) is 10.7. The number of nitro groups is 1. The van der Waals surface area contributed by atoms with Crippen LogP contribution in [0.25, 0.3) is 6.08 Å². The van der Waals surface area contributed by atoms with Crippen molar-refractivity contribution in [3.63, 3.8) is 0 Å². The van der Waals surface area contributed by atoms with Crippen molar-refractivity contribution in [2.75, 3.05) is 5.75 Å². The molecule has 8 nitrogen and oxygen atoms in total. The van der Waals surface area contributed by atoms with Crippen molar-refractivity contribution in [3.05, 3.63) is 75.8 Å². The average molecular weight is 432 g/mol. The van der Waals surface area contributed by atoms with Gasteiger partial charge in [0.15, 0.2) is 0 Å². The Morgan fingerprint density at radius 3 is 2.43 bits per heavy atom. The van der Waals surface area contributed by atoms with Crippen LogP contribution >= 0.6 is 0 Å². The Labute approximate surface area is 176 Å². The van der Waals surface area contributed by atoms with Gasteiger partial charge < -0.3 is 9.08 Å². The van der Waals surface area contributed by atoms with Crippen molar-refractivity contribution in [1.82, 2.24) is 4.90 Å². The normalized spacial score (nSPS) is 11.6. The molecule has 0 saturated carbocycles. The molecule has 160 valence electrons. The third-order valence-electron chi connectivity index (χ3n) is 4.26. The van der Waals surface area contributed by atoms with Crippen molar-refractivity contribution < 1.29 is 22.3 Å². The number of benzene rings is 2. The van der Waals surface area contributed by atoms with Gasteiger partial charge in [0.25, 0.3) is 5.69 Å². The molecule has 0 aliphatic heterocycles. The molecular weight excluding hydrogens is 408 g/mol. The zero-order valence-corrected chi connectivity index (χ0v) is 17.8. The second kappa shape index (κ2) is 10.0. The van der Waals surface area contributed by atoms with Gasteiger partial charge >= 0.3 is 10.1 Å². The van der Waals surface area contributed by atoms with E-state index in [0.717, 1.165) is 5.56 Å². The predicted molar refractivity (Wildman–Crippen MR) is 114 cm³/mol. The Morgan fingerprint density at radius 2 is 1.87 bits per heavy atom. The summed E-state index contributed by atoms with van der Waals surface area (Å²) in [6, 6.07) is 12.4. The highest BCUT2D eigenvalue weighted by molar-refractivity contribution is 7.87. The van der Waals surface area contributed by atoms with Crippen LogP contribution in [-0.2, 0) is 21.5 Å². The van der Waals surface area contributed by atoms with E-state index < -0.39 is 15.0 Å². The van der Waals surface area contributed by atoms with Crippen LogP contribution in [0.3, 0.4) is 0 Å². The fraction of sp³-hybridized carbons (Fsp3) is 0.286. The highest BCUT2D eigenvalue weighted by Gasteiger charge is 2.16. The molecule has 0 bridgehead atoms. The van der Waals surface area contributed by atoms with Crippen LogP contribution in [0.5, 0.6) is 5.75 Å². The van der Waals surface area contributed by atoms with Crippen molar-refractivity contribution in [2.45, 2.75) is 33.4 Å². The summed E-state index contributed by atoms with van der Waals surface area (Å²) in [6.45, 7) is 5.51. The second-order valence-corrected chi connectivity index (χ2v) is 8.68. The lowest BCUT2D eigenvalue weighted by atomic mass is 10.1. The lowest BCUT2D eigenvalue weighted by molar-refractivity contribution is -0.384. The first-order valence-corrected chi connectivity index (χ1v) is 10.9. The summed E-state index contributed by atoms with van der Waals surface area (Å²) < 4.78 is 28.4. The van der Waals surface area contributed by atoms with E-state index in [4.69, 9.17) is 4.18 Å². The summed E-state index contributed by atoms with van der Waals surface area (Å²) in [5.41, 5.74) is 1.37. The minimum atomic E-state index is -3.63. The van der Waals surface area contributed by atoms with Gasteiger partial charge in [0.2, 0.25) is 5.91 Å². The monoisotopic (exact) mass is 432 g/mol. The number of amides is 1. The average Bonchev–Trinajstić information content (AvgIpc) is 2.70. The standard InChI is InChI=1S/C21H24N2O6S/c1-4-30(27,28)29-20-7-5-6-18(14-20)15-22(16(2)3)21(24)13-10-17-8-11-19(12-9-17)23(25)26/h5-14,16H,4,15H2,1-3H3/b13-10+. The van der Waals surface area contributed by atoms with E-state index in [1.807, 2.05) is 13.8 Å². The molecule has 0 heterocycles. The molecule has 0 N–H and O–H groups in total. The van der Waals surface area contributed by atoms with Gasteiger partial charge in [0.1, 0.15) is 5.75 Å². The van der Waals surface area contributed by atoms with Crippen LogP contribution in [0, 0.1) is 10.1 Å². The highest BCUT2D eigenvalue weighted by Crippen LogP contribution is 2.19. The van der Waals surface area contributed by atoms with Crippen molar-refractivity contribution >= 4 is 27.8 Å². The number of carbonyl (C=O) groups is 1. The van der Waals surface area contributed by atoms with Crippen molar-refractivity contribution in [3.8, 4) is 5.75 Å². The van der Waals surface area contributed by atoms with Crippen LogP contribution in [-0.4, -0.2) is 35.9 Å². The summed E-state index contributed by atoms with van der Waals surface area (Å²) in [5.74, 6) is -0.177. The Morgan fingerprint density at radius 1 is 1.20 bits per heavy atom. The SMILES string of the molecule is CCS(=O)(=O)Oc1cccc(CN(C(=O)/C=C/c2ccc([N+](=O)[O-])cc2)C(C)C)c1. The van der Waals surface area contributed by atoms with Gasteiger partial charge in [-0.3, -0.25) is 14.9 Å². The van der Waals surface area contributed by atoms with Crippen LogP contribution < -0.4 is 4.18 Å². The first-order chi connectivity index (χ1) is 14.1. The van der Waals surface area contributed by atoms with E-state index in [9.17, 15) is 23.3 Å². The number of non-ortho nitro benzene ring substituents is 1. The third kappa shape index (κ3) is 6.70. The lowest BCUT2D eigenvalue weighted by Crippen LogP contribution is -2.35. The summed E-state index contributed by atoms with van der Waals surface area (Å²) in [6.07, 6.45) is 3.00. The minimum Gasteiger partial charge on any atom is -0.382 e. The van der Waals surface area contributed by atoms with Crippen LogP contribution in [0.4, 0.5) is 5.69 Å². The topological polar surface area (TPSA) is 107 Å². The number of hydrogen-bond acceptors (Lipinski definition) is 6. The fourth-order valence-corrected chi connectivity index (χ4v) is 3.10. The van der Waals surface area contributed by atoms with Gasteiger partial charge in [-0.2, -0.15) is 8.42 Å². The van der Waals surface area contributed by atoms with Crippen LogP contribution in [0.15, 0.2) is 54.6 Å². The molecule has 0 spiro atoms. The van der Waals surface area contributed by atoms with E-state index in [1.165, 1.54) is 25.1 Å². The van der Waals surface area contributed by atoms with Crippen molar-refractivity contribution in [1.29, 1.82) is 0 Å². The molecule has 0 atom stereocenters. The van der Waals surface area contributed by atoms with Gasteiger partial charge in [-0.25, -0.2) is 0 Å². The summed E-state index contributed by atoms with van der Waals surface area (Å²) in [4.78, 5) is 24.6. The molecule has 2 rings (SSSR count). The summed E-state index contributed by atoms with van der Waals surface area (Å²) >= 11 is 0. The molecule has 0 aromatic heterocycles. The second-order valence-electron chi connectivity index (χ2n) is 6.82. The van der Waals surface area contributed by atoms with E-state index in [2.05, 4.69) is 0 Å². The van der Waals surface area contributed by atoms with E-state index in [-0.39, 0.29) is 35.7 Å².